The molecule has 6 heteroatoms. The third kappa shape index (κ3) is 4.13. The smallest absolute Gasteiger partial charge is 0.243 e. The zero-order chi connectivity index (χ0) is 20.5. The Hall–Kier alpha value is -2.18. The summed E-state index contributed by atoms with van der Waals surface area (Å²) in [5.41, 5.74) is 5.05. The molecule has 0 aliphatic carbocycles. The van der Waals surface area contributed by atoms with Crippen LogP contribution in [0.2, 0.25) is 0 Å². The zero-order valence-electron chi connectivity index (χ0n) is 17.0. The summed E-state index contributed by atoms with van der Waals surface area (Å²) >= 11 is 0. The molecule has 0 spiro atoms. The number of sulfonamides is 1. The molecule has 1 N–H and O–H groups in total. The number of hydrogen-bond acceptors (Lipinski definition) is 3. The van der Waals surface area contributed by atoms with Gasteiger partial charge in [0.2, 0.25) is 15.9 Å². The molecule has 150 valence electrons. The lowest BCUT2D eigenvalue weighted by molar-refractivity contribution is -0.120. The topological polar surface area (TPSA) is 66.5 Å². The molecular weight excluding hydrogens is 372 g/mol. The second-order valence-electron chi connectivity index (χ2n) is 7.66. The Labute approximate surface area is 167 Å². The summed E-state index contributed by atoms with van der Waals surface area (Å²) in [7, 11) is -3.52. The minimum atomic E-state index is -3.52. The normalized spacial score (nSPS) is 16.1. The van der Waals surface area contributed by atoms with Crippen LogP contribution in [0.5, 0.6) is 0 Å². The van der Waals surface area contributed by atoms with Crippen LogP contribution in [-0.4, -0.2) is 31.7 Å². The number of aryl methyl sites for hydroxylation is 3. The molecule has 1 heterocycles. The minimum Gasteiger partial charge on any atom is -0.326 e. The van der Waals surface area contributed by atoms with Gasteiger partial charge in [-0.25, -0.2) is 8.42 Å². The van der Waals surface area contributed by atoms with E-state index in [0.29, 0.717) is 30.8 Å². The molecule has 2 aromatic carbocycles. The van der Waals surface area contributed by atoms with E-state index in [0.717, 1.165) is 27.9 Å². The maximum atomic E-state index is 12.9. The highest BCUT2D eigenvalue weighted by Crippen LogP contribution is 2.27. The van der Waals surface area contributed by atoms with Crippen LogP contribution in [0.4, 0.5) is 5.69 Å². The lowest BCUT2D eigenvalue weighted by Gasteiger charge is -2.30. The molecular formula is C22H28N2O3S. The quantitative estimate of drug-likeness (QED) is 0.845. The first-order valence-corrected chi connectivity index (χ1v) is 11.1. The van der Waals surface area contributed by atoms with Crippen molar-refractivity contribution < 1.29 is 13.2 Å². The number of carbonyl (C=O) groups excluding carboxylic acids is 1. The van der Waals surface area contributed by atoms with Crippen LogP contribution in [0.1, 0.15) is 35.1 Å². The lowest BCUT2D eigenvalue weighted by Crippen LogP contribution is -2.41. The summed E-state index contributed by atoms with van der Waals surface area (Å²) < 4.78 is 27.4. The summed E-state index contributed by atoms with van der Waals surface area (Å²) in [6.45, 7) is 8.61. The number of carbonyl (C=O) groups is 1. The Bertz CT molecular complexity index is 991. The van der Waals surface area contributed by atoms with Crippen molar-refractivity contribution in [3.63, 3.8) is 0 Å². The number of nitrogens with one attached hydrogen (secondary N) is 1. The molecule has 1 saturated heterocycles. The molecule has 28 heavy (non-hydrogen) atoms. The van der Waals surface area contributed by atoms with Gasteiger partial charge in [0.1, 0.15) is 0 Å². The van der Waals surface area contributed by atoms with Crippen molar-refractivity contribution in [2.75, 3.05) is 18.4 Å². The van der Waals surface area contributed by atoms with E-state index >= 15 is 0 Å². The van der Waals surface area contributed by atoms with E-state index in [2.05, 4.69) is 5.32 Å². The van der Waals surface area contributed by atoms with Crippen LogP contribution in [0.3, 0.4) is 0 Å². The number of benzene rings is 2. The number of hydrogen-bond donors (Lipinski definition) is 1. The van der Waals surface area contributed by atoms with Crippen molar-refractivity contribution in [1.82, 2.24) is 4.31 Å². The molecule has 2 aromatic rings. The highest BCUT2D eigenvalue weighted by molar-refractivity contribution is 7.89. The highest BCUT2D eigenvalue weighted by Gasteiger charge is 2.32. The van der Waals surface area contributed by atoms with Crippen LogP contribution in [-0.2, 0) is 14.8 Å². The van der Waals surface area contributed by atoms with E-state index in [4.69, 9.17) is 0 Å². The summed E-state index contributed by atoms with van der Waals surface area (Å²) in [6.07, 6.45) is 1.06. The predicted octanol–water partition coefficient (Wildman–Crippen LogP) is 3.96. The molecule has 1 aliphatic heterocycles. The lowest BCUT2D eigenvalue weighted by atomic mass is 9.97. The van der Waals surface area contributed by atoms with Gasteiger partial charge in [-0.3, -0.25) is 4.79 Å². The van der Waals surface area contributed by atoms with Crippen molar-refractivity contribution in [2.24, 2.45) is 5.92 Å². The van der Waals surface area contributed by atoms with Crippen molar-refractivity contribution in [3.8, 4) is 0 Å². The molecule has 0 atom stereocenters. The first kappa shape index (κ1) is 20.6. The van der Waals surface area contributed by atoms with Crippen LogP contribution in [0, 0.1) is 33.6 Å². The number of anilines is 1. The molecule has 0 unspecified atom stereocenters. The SMILES string of the molecule is Cc1ccc(S(=O)(=O)N2CCC(C(=O)Nc3cccc(C)c3C)CC2)cc1C. The van der Waals surface area contributed by atoms with Gasteiger partial charge in [0.25, 0.3) is 0 Å². The molecule has 3 rings (SSSR count). The van der Waals surface area contributed by atoms with Gasteiger partial charge in [-0.1, -0.05) is 18.2 Å². The van der Waals surface area contributed by atoms with Gasteiger partial charge >= 0.3 is 0 Å². The van der Waals surface area contributed by atoms with Crippen LogP contribution in [0.15, 0.2) is 41.3 Å². The number of nitrogens with zero attached hydrogens (tertiary/aromatic N) is 1. The second-order valence-corrected chi connectivity index (χ2v) is 9.60. The molecule has 5 nitrogen and oxygen atoms in total. The first-order chi connectivity index (χ1) is 13.2. The third-order valence-corrected chi connectivity index (χ3v) is 7.70. The highest BCUT2D eigenvalue weighted by atomic mass is 32.2. The fourth-order valence-corrected chi connectivity index (χ4v) is 5.06. The maximum absolute atomic E-state index is 12.9. The summed E-state index contributed by atoms with van der Waals surface area (Å²) in [4.78, 5) is 13.0. The maximum Gasteiger partial charge on any atom is 0.243 e. The van der Waals surface area contributed by atoms with E-state index in [1.165, 1.54) is 4.31 Å². The van der Waals surface area contributed by atoms with Crippen molar-refractivity contribution in [1.29, 1.82) is 0 Å². The molecule has 1 aliphatic rings. The summed E-state index contributed by atoms with van der Waals surface area (Å²) in [5.74, 6) is -0.206. The summed E-state index contributed by atoms with van der Waals surface area (Å²) in [6, 6.07) is 11.1. The van der Waals surface area contributed by atoms with Crippen molar-refractivity contribution in [3.05, 3.63) is 58.7 Å². The van der Waals surface area contributed by atoms with E-state index in [1.54, 1.807) is 12.1 Å². The van der Waals surface area contributed by atoms with Crippen molar-refractivity contribution >= 4 is 21.6 Å². The van der Waals surface area contributed by atoms with Gasteiger partial charge < -0.3 is 5.32 Å². The summed E-state index contributed by atoms with van der Waals surface area (Å²) in [5, 5.41) is 3.01. The Kier molecular flexibility index (Phi) is 5.91. The molecule has 0 aromatic heterocycles. The molecule has 0 radical (unpaired) electrons. The van der Waals surface area contributed by atoms with Gasteiger partial charge in [-0.05, 0) is 81.0 Å². The molecule has 0 bridgehead atoms. The minimum absolute atomic E-state index is 0.0306. The van der Waals surface area contributed by atoms with Gasteiger partial charge in [0, 0.05) is 24.7 Å². The number of rotatable bonds is 4. The fraction of sp³-hybridized carbons (Fsp3) is 0.409. The van der Waals surface area contributed by atoms with E-state index in [1.807, 2.05) is 52.0 Å². The zero-order valence-corrected chi connectivity index (χ0v) is 17.8. The average molecular weight is 401 g/mol. The second kappa shape index (κ2) is 8.05. The van der Waals surface area contributed by atoms with E-state index < -0.39 is 10.0 Å². The van der Waals surface area contributed by atoms with Gasteiger partial charge in [-0.15, -0.1) is 0 Å². The largest absolute Gasteiger partial charge is 0.326 e. The Morgan fingerprint density at radius 1 is 0.964 bits per heavy atom. The Balaban J connectivity index is 1.65. The first-order valence-electron chi connectivity index (χ1n) is 9.64. The average Bonchev–Trinajstić information content (AvgIpc) is 2.67. The monoisotopic (exact) mass is 400 g/mol. The third-order valence-electron chi connectivity index (χ3n) is 5.80. The Morgan fingerprint density at radius 2 is 1.64 bits per heavy atom. The Morgan fingerprint density at radius 3 is 2.29 bits per heavy atom. The van der Waals surface area contributed by atoms with Gasteiger partial charge in [0.15, 0.2) is 0 Å². The van der Waals surface area contributed by atoms with Crippen LogP contribution >= 0.6 is 0 Å². The predicted molar refractivity (Wildman–Crippen MR) is 112 cm³/mol. The van der Waals surface area contributed by atoms with Crippen LogP contribution < -0.4 is 5.32 Å². The molecule has 1 fully saturated rings. The fourth-order valence-electron chi connectivity index (χ4n) is 3.50. The number of amides is 1. The van der Waals surface area contributed by atoms with Crippen LogP contribution in [0.25, 0.3) is 0 Å². The van der Waals surface area contributed by atoms with Crippen molar-refractivity contribution in [2.45, 2.75) is 45.4 Å². The van der Waals surface area contributed by atoms with Gasteiger partial charge in [0.05, 0.1) is 4.90 Å². The van der Waals surface area contributed by atoms with Gasteiger partial charge in [-0.2, -0.15) is 4.31 Å². The molecule has 1 amide bonds. The number of piperidine rings is 1. The standard InChI is InChI=1S/C22H28N2O3S/c1-15-8-9-20(14-17(15)3)28(26,27)24-12-10-19(11-13-24)22(25)23-21-7-5-6-16(2)18(21)4/h5-9,14,19H,10-13H2,1-4H3,(H,23,25). The van der Waals surface area contributed by atoms with E-state index in [-0.39, 0.29) is 11.8 Å². The van der Waals surface area contributed by atoms with E-state index in [9.17, 15) is 13.2 Å². The molecule has 0 saturated carbocycles.